The molecule has 0 bridgehead atoms. The van der Waals surface area contributed by atoms with Gasteiger partial charge in [-0.25, -0.2) is 4.98 Å². The summed E-state index contributed by atoms with van der Waals surface area (Å²) in [6, 6.07) is 17.4. The Morgan fingerprint density at radius 1 is 1.14 bits per heavy atom. The van der Waals surface area contributed by atoms with E-state index >= 15 is 0 Å². The predicted molar refractivity (Wildman–Crippen MR) is 152 cm³/mol. The summed E-state index contributed by atoms with van der Waals surface area (Å²) in [5.74, 6) is 1.03. The Morgan fingerprint density at radius 2 is 1.94 bits per heavy atom. The van der Waals surface area contributed by atoms with Gasteiger partial charge in [-0.1, -0.05) is 29.8 Å². The van der Waals surface area contributed by atoms with E-state index in [1.54, 1.807) is 22.7 Å². The standard InChI is InChI=1S/C28H31N3OS3/c1-18(2)31-15-14-21-24(17-31)35-28(26(21)27-29-22-7-4-5-8-23(22)34-27)30-25(32)9-6-16-33-20-12-10-19(3)11-13-20/h4-5,7-8,10-13,18H,6,9,14-17H2,1-3H3,(H,30,32). The van der Waals surface area contributed by atoms with Crippen molar-refractivity contribution in [3.8, 4) is 10.6 Å². The van der Waals surface area contributed by atoms with Gasteiger partial charge in [0.1, 0.15) is 10.0 Å². The molecule has 0 saturated carbocycles. The molecule has 0 atom stereocenters. The van der Waals surface area contributed by atoms with Gasteiger partial charge >= 0.3 is 0 Å². The summed E-state index contributed by atoms with van der Waals surface area (Å²) in [6.45, 7) is 8.60. The van der Waals surface area contributed by atoms with E-state index in [0.29, 0.717) is 12.5 Å². The highest BCUT2D eigenvalue weighted by Gasteiger charge is 2.28. The van der Waals surface area contributed by atoms with Crippen LogP contribution in [0.15, 0.2) is 53.4 Å². The molecule has 1 aliphatic heterocycles. The number of benzene rings is 2. The fraction of sp³-hybridized carbons (Fsp3) is 0.357. The number of anilines is 1. The van der Waals surface area contributed by atoms with Crippen LogP contribution in [0.25, 0.3) is 20.8 Å². The molecule has 1 aliphatic rings. The third kappa shape index (κ3) is 5.64. The highest BCUT2D eigenvalue weighted by molar-refractivity contribution is 7.99. The van der Waals surface area contributed by atoms with Crippen LogP contribution in [0.4, 0.5) is 5.00 Å². The van der Waals surface area contributed by atoms with Crippen LogP contribution >= 0.6 is 34.4 Å². The number of nitrogens with one attached hydrogen (secondary N) is 1. The summed E-state index contributed by atoms with van der Waals surface area (Å²) in [7, 11) is 0. The summed E-state index contributed by atoms with van der Waals surface area (Å²) in [4.78, 5) is 23.1. The summed E-state index contributed by atoms with van der Waals surface area (Å²) < 4.78 is 1.19. The van der Waals surface area contributed by atoms with Gasteiger partial charge in [0, 0.05) is 40.9 Å². The normalized spacial score (nSPS) is 13.9. The SMILES string of the molecule is Cc1ccc(SCCCC(=O)Nc2sc3c(c2-c2nc4ccccc4s2)CCN(C(C)C)C3)cc1. The van der Waals surface area contributed by atoms with Crippen molar-refractivity contribution in [2.24, 2.45) is 0 Å². The largest absolute Gasteiger partial charge is 0.317 e. The first-order valence-electron chi connectivity index (χ1n) is 12.2. The van der Waals surface area contributed by atoms with E-state index in [-0.39, 0.29) is 5.91 Å². The number of thioether (sulfide) groups is 1. The van der Waals surface area contributed by atoms with Gasteiger partial charge in [0.2, 0.25) is 5.91 Å². The van der Waals surface area contributed by atoms with E-state index in [1.165, 1.54) is 25.6 Å². The second-order valence-corrected chi connectivity index (χ2v) is 12.6. The summed E-state index contributed by atoms with van der Waals surface area (Å²) in [6.07, 6.45) is 2.38. The first-order valence-corrected chi connectivity index (χ1v) is 14.8. The van der Waals surface area contributed by atoms with Crippen LogP contribution in [0.5, 0.6) is 0 Å². The summed E-state index contributed by atoms with van der Waals surface area (Å²) in [5.41, 5.74) is 4.82. The van der Waals surface area contributed by atoms with Crippen LogP contribution in [0.2, 0.25) is 0 Å². The van der Waals surface area contributed by atoms with Crippen molar-refractivity contribution in [3.05, 3.63) is 64.5 Å². The van der Waals surface area contributed by atoms with E-state index in [2.05, 4.69) is 73.5 Å². The highest BCUT2D eigenvalue weighted by atomic mass is 32.2. The molecule has 1 amide bonds. The molecular formula is C28H31N3OS3. The van der Waals surface area contributed by atoms with Crippen LogP contribution < -0.4 is 5.32 Å². The molecule has 0 unspecified atom stereocenters. The molecule has 0 saturated heterocycles. The lowest BCUT2D eigenvalue weighted by atomic mass is 10.0. The molecule has 182 valence electrons. The van der Waals surface area contributed by atoms with E-state index in [4.69, 9.17) is 4.98 Å². The van der Waals surface area contributed by atoms with Crippen molar-refractivity contribution < 1.29 is 4.79 Å². The first-order chi connectivity index (χ1) is 17.0. The average molecular weight is 522 g/mol. The molecule has 5 rings (SSSR count). The molecular weight excluding hydrogens is 491 g/mol. The number of thiazole rings is 1. The molecule has 4 nitrogen and oxygen atoms in total. The zero-order chi connectivity index (χ0) is 24.4. The van der Waals surface area contributed by atoms with Crippen molar-refractivity contribution in [2.45, 2.75) is 57.5 Å². The van der Waals surface area contributed by atoms with Crippen LogP contribution in [-0.2, 0) is 17.8 Å². The van der Waals surface area contributed by atoms with Crippen molar-refractivity contribution in [1.82, 2.24) is 9.88 Å². The number of aryl methyl sites for hydroxylation is 1. The fourth-order valence-corrected chi connectivity index (χ4v) is 7.66. The minimum absolute atomic E-state index is 0.0937. The maximum atomic E-state index is 13.0. The number of fused-ring (bicyclic) bond motifs is 2. The molecule has 3 heterocycles. The lowest BCUT2D eigenvalue weighted by Crippen LogP contribution is -2.35. The van der Waals surface area contributed by atoms with Crippen molar-refractivity contribution in [1.29, 1.82) is 0 Å². The van der Waals surface area contributed by atoms with Gasteiger partial charge in [-0.05, 0) is 69.2 Å². The van der Waals surface area contributed by atoms with Crippen LogP contribution in [0.1, 0.15) is 42.7 Å². The molecule has 35 heavy (non-hydrogen) atoms. The van der Waals surface area contributed by atoms with Crippen LogP contribution in [0, 0.1) is 6.92 Å². The number of thiophene rings is 1. The van der Waals surface area contributed by atoms with E-state index in [1.807, 2.05) is 17.8 Å². The zero-order valence-corrected chi connectivity index (χ0v) is 22.9. The summed E-state index contributed by atoms with van der Waals surface area (Å²) in [5, 5.41) is 5.27. The maximum Gasteiger partial charge on any atom is 0.225 e. The number of aromatic nitrogens is 1. The molecule has 2 aromatic carbocycles. The zero-order valence-electron chi connectivity index (χ0n) is 20.5. The van der Waals surface area contributed by atoms with Crippen molar-refractivity contribution in [2.75, 3.05) is 17.6 Å². The van der Waals surface area contributed by atoms with Gasteiger partial charge in [0.25, 0.3) is 0 Å². The number of carbonyl (C=O) groups excluding carboxylic acids is 1. The molecule has 4 aromatic rings. The van der Waals surface area contributed by atoms with Crippen molar-refractivity contribution >= 4 is 55.6 Å². The van der Waals surface area contributed by atoms with Gasteiger partial charge in [-0.2, -0.15) is 0 Å². The minimum atomic E-state index is 0.0937. The summed E-state index contributed by atoms with van der Waals surface area (Å²) >= 11 is 5.28. The molecule has 0 fully saturated rings. The van der Waals surface area contributed by atoms with Gasteiger partial charge < -0.3 is 5.32 Å². The minimum Gasteiger partial charge on any atom is -0.317 e. The van der Waals surface area contributed by atoms with Crippen molar-refractivity contribution in [3.63, 3.8) is 0 Å². The molecule has 1 N–H and O–H groups in total. The Hall–Kier alpha value is -2.19. The quantitative estimate of drug-likeness (QED) is 0.191. The number of amides is 1. The lowest BCUT2D eigenvalue weighted by Gasteiger charge is -2.30. The Morgan fingerprint density at radius 3 is 2.71 bits per heavy atom. The van der Waals surface area contributed by atoms with Crippen LogP contribution in [-0.4, -0.2) is 34.1 Å². The number of nitrogens with zero attached hydrogens (tertiary/aromatic N) is 2. The predicted octanol–water partition coefficient (Wildman–Crippen LogP) is 7.61. The van der Waals surface area contributed by atoms with Crippen LogP contribution in [0.3, 0.4) is 0 Å². The van der Waals surface area contributed by atoms with E-state index in [0.717, 1.165) is 52.8 Å². The average Bonchev–Trinajstić information content (AvgIpc) is 3.42. The number of rotatable bonds is 8. The number of hydrogen-bond donors (Lipinski definition) is 1. The van der Waals surface area contributed by atoms with E-state index < -0.39 is 0 Å². The Kier molecular flexibility index (Phi) is 7.58. The first kappa shape index (κ1) is 24.5. The number of para-hydroxylation sites is 1. The fourth-order valence-electron chi connectivity index (χ4n) is 4.40. The molecule has 0 spiro atoms. The molecule has 2 aromatic heterocycles. The lowest BCUT2D eigenvalue weighted by molar-refractivity contribution is -0.116. The smallest absolute Gasteiger partial charge is 0.225 e. The van der Waals surface area contributed by atoms with E-state index in [9.17, 15) is 4.79 Å². The second-order valence-electron chi connectivity index (χ2n) is 9.32. The van der Waals surface area contributed by atoms with Gasteiger partial charge in [0.05, 0.1) is 10.2 Å². The van der Waals surface area contributed by atoms with Gasteiger partial charge in [-0.15, -0.1) is 34.4 Å². The Labute approximate surface area is 219 Å². The molecule has 0 radical (unpaired) electrons. The Bertz CT molecular complexity index is 1290. The third-order valence-electron chi connectivity index (χ3n) is 6.42. The molecule has 7 heteroatoms. The Balaban J connectivity index is 1.32. The number of hydrogen-bond acceptors (Lipinski definition) is 6. The third-order valence-corrected chi connectivity index (χ3v) is 9.70. The van der Waals surface area contributed by atoms with Gasteiger partial charge in [-0.3, -0.25) is 9.69 Å². The monoisotopic (exact) mass is 521 g/mol. The van der Waals surface area contributed by atoms with Gasteiger partial charge in [0.15, 0.2) is 0 Å². The second kappa shape index (κ2) is 10.8. The number of carbonyl (C=O) groups is 1. The molecule has 0 aliphatic carbocycles. The highest BCUT2D eigenvalue weighted by Crippen LogP contribution is 2.46. The topological polar surface area (TPSA) is 45.2 Å². The maximum absolute atomic E-state index is 13.0.